The van der Waals surface area contributed by atoms with E-state index in [9.17, 15) is 9.18 Å². The van der Waals surface area contributed by atoms with E-state index in [4.69, 9.17) is 4.74 Å². The van der Waals surface area contributed by atoms with Crippen LogP contribution in [0.5, 0.6) is 5.75 Å². The van der Waals surface area contributed by atoms with Crippen LogP contribution in [0.25, 0.3) is 5.82 Å². The number of hydrogen-bond acceptors (Lipinski definition) is 4. The number of carbonyl (C=O) groups excluding carboxylic acids is 1. The summed E-state index contributed by atoms with van der Waals surface area (Å²) in [4.78, 5) is 12.9. The molecule has 7 nitrogen and oxygen atoms in total. The minimum atomic E-state index is -0.425. The van der Waals surface area contributed by atoms with E-state index in [1.54, 1.807) is 29.3 Å². The normalized spacial score (nSPS) is 10.8. The first-order valence-corrected chi connectivity index (χ1v) is 9.32. The van der Waals surface area contributed by atoms with Crippen LogP contribution < -0.4 is 10.1 Å². The molecule has 0 spiro atoms. The Morgan fingerprint density at radius 3 is 2.53 bits per heavy atom. The van der Waals surface area contributed by atoms with Gasteiger partial charge in [-0.25, -0.2) is 9.07 Å². The van der Waals surface area contributed by atoms with Crippen LogP contribution in [0.4, 0.5) is 10.1 Å². The molecule has 0 aliphatic rings. The Kier molecular flexibility index (Phi) is 5.30. The van der Waals surface area contributed by atoms with Gasteiger partial charge in [0.1, 0.15) is 11.6 Å². The zero-order valence-electron chi connectivity index (χ0n) is 16.5. The zero-order chi connectivity index (χ0) is 21.1. The van der Waals surface area contributed by atoms with Crippen LogP contribution in [0.2, 0.25) is 0 Å². The summed E-state index contributed by atoms with van der Waals surface area (Å²) in [5.41, 5.74) is 2.08. The fraction of sp³-hybridized carbons (Fsp3) is 0.136. The smallest absolute Gasteiger partial charge is 0.280 e. The van der Waals surface area contributed by atoms with Gasteiger partial charge in [0.2, 0.25) is 0 Å². The molecule has 0 bridgehead atoms. The van der Waals surface area contributed by atoms with Crippen LogP contribution in [0, 0.1) is 12.7 Å². The SMILES string of the molecule is COc1ccc(Cn2nnc(C(=O)Nc3ccc(F)c(C)c3)c2-n2cccc2)cc1. The molecule has 2 aromatic heterocycles. The van der Waals surface area contributed by atoms with E-state index in [1.807, 2.05) is 48.8 Å². The number of methoxy groups -OCH3 is 1. The molecule has 0 aliphatic heterocycles. The second kappa shape index (κ2) is 8.20. The van der Waals surface area contributed by atoms with Gasteiger partial charge in [-0.1, -0.05) is 17.3 Å². The maximum absolute atomic E-state index is 13.5. The standard InChI is InChI=1S/C22H20FN5O2/c1-15-13-17(7-10-19(15)23)24-21(29)20-22(27-11-3-4-12-27)28(26-25-20)14-16-5-8-18(30-2)9-6-16/h3-13H,14H2,1-2H3,(H,24,29). The second-order valence-electron chi connectivity index (χ2n) is 6.78. The Balaban J connectivity index is 1.65. The number of carbonyl (C=O) groups is 1. The first-order valence-electron chi connectivity index (χ1n) is 9.32. The fourth-order valence-corrected chi connectivity index (χ4v) is 3.11. The molecular weight excluding hydrogens is 385 g/mol. The Morgan fingerprint density at radius 1 is 1.13 bits per heavy atom. The molecule has 0 fully saturated rings. The highest BCUT2D eigenvalue weighted by Gasteiger charge is 2.21. The Morgan fingerprint density at radius 2 is 1.87 bits per heavy atom. The number of rotatable bonds is 6. The predicted octanol–water partition coefficient (Wildman–Crippen LogP) is 3.83. The van der Waals surface area contributed by atoms with Crippen molar-refractivity contribution in [3.8, 4) is 11.6 Å². The van der Waals surface area contributed by atoms with Gasteiger partial charge in [0.25, 0.3) is 5.91 Å². The monoisotopic (exact) mass is 405 g/mol. The summed E-state index contributed by atoms with van der Waals surface area (Å²) in [6, 6.07) is 15.7. The molecule has 2 aromatic carbocycles. The summed E-state index contributed by atoms with van der Waals surface area (Å²) in [5, 5.41) is 11.1. The molecule has 0 unspecified atom stereocenters. The number of nitrogens with one attached hydrogen (secondary N) is 1. The van der Waals surface area contributed by atoms with E-state index in [0.717, 1.165) is 11.3 Å². The van der Waals surface area contributed by atoms with Crippen molar-refractivity contribution in [1.82, 2.24) is 19.6 Å². The fourth-order valence-electron chi connectivity index (χ4n) is 3.11. The summed E-state index contributed by atoms with van der Waals surface area (Å²) in [7, 11) is 1.62. The van der Waals surface area contributed by atoms with Crippen LogP contribution in [0.3, 0.4) is 0 Å². The van der Waals surface area contributed by atoms with E-state index in [0.29, 0.717) is 23.6 Å². The number of ether oxygens (including phenoxy) is 1. The third-order valence-electron chi connectivity index (χ3n) is 4.68. The number of benzene rings is 2. The van der Waals surface area contributed by atoms with Crippen LogP contribution in [-0.4, -0.2) is 32.6 Å². The van der Waals surface area contributed by atoms with Gasteiger partial charge in [-0.3, -0.25) is 4.79 Å². The van der Waals surface area contributed by atoms with E-state index in [1.165, 1.54) is 12.1 Å². The molecule has 2 heterocycles. The number of aromatic nitrogens is 4. The minimum Gasteiger partial charge on any atom is -0.497 e. The van der Waals surface area contributed by atoms with Gasteiger partial charge < -0.3 is 14.6 Å². The number of amides is 1. The molecule has 1 amide bonds. The van der Waals surface area contributed by atoms with Crippen molar-refractivity contribution in [3.05, 3.63) is 89.6 Å². The third kappa shape index (κ3) is 3.93. The Bertz CT molecular complexity index is 1170. The van der Waals surface area contributed by atoms with Crippen molar-refractivity contribution in [2.45, 2.75) is 13.5 Å². The van der Waals surface area contributed by atoms with E-state index in [2.05, 4.69) is 15.6 Å². The highest BCUT2D eigenvalue weighted by atomic mass is 19.1. The molecule has 0 radical (unpaired) electrons. The molecule has 4 rings (SSSR count). The van der Waals surface area contributed by atoms with E-state index < -0.39 is 5.91 Å². The van der Waals surface area contributed by atoms with Crippen molar-refractivity contribution >= 4 is 11.6 Å². The van der Waals surface area contributed by atoms with Crippen molar-refractivity contribution < 1.29 is 13.9 Å². The Labute approximate surface area is 172 Å². The topological polar surface area (TPSA) is 74.0 Å². The highest BCUT2D eigenvalue weighted by Crippen LogP contribution is 2.19. The van der Waals surface area contributed by atoms with Crippen molar-refractivity contribution in [1.29, 1.82) is 0 Å². The lowest BCUT2D eigenvalue weighted by atomic mass is 10.2. The number of aryl methyl sites for hydroxylation is 1. The van der Waals surface area contributed by atoms with Gasteiger partial charge in [0, 0.05) is 18.1 Å². The van der Waals surface area contributed by atoms with Crippen molar-refractivity contribution in [3.63, 3.8) is 0 Å². The van der Waals surface area contributed by atoms with E-state index in [-0.39, 0.29) is 11.5 Å². The van der Waals surface area contributed by atoms with Crippen molar-refractivity contribution in [2.24, 2.45) is 0 Å². The van der Waals surface area contributed by atoms with Gasteiger partial charge in [-0.15, -0.1) is 5.10 Å². The maximum atomic E-state index is 13.5. The lowest BCUT2D eigenvalue weighted by Crippen LogP contribution is -2.17. The highest BCUT2D eigenvalue weighted by molar-refractivity contribution is 6.04. The van der Waals surface area contributed by atoms with Crippen LogP contribution >= 0.6 is 0 Å². The van der Waals surface area contributed by atoms with Crippen LogP contribution in [0.1, 0.15) is 21.6 Å². The molecule has 0 saturated carbocycles. The van der Waals surface area contributed by atoms with Crippen LogP contribution in [-0.2, 0) is 6.54 Å². The van der Waals surface area contributed by atoms with Crippen LogP contribution in [0.15, 0.2) is 67.0 Å². The van der Waals surface area contributed by atoms with Gasteiger partial charge in [0.15, 0.2) is 11.5 Å². The molecule has 30 heavy (non-hydrogen) atoms. The predicted molar refractivity (Wildman–Crippen MR) is 111 cm³/mol. The summed E-state index contributed by atoms with van der Waals surface area (Å²) >= 11 is 0. The minimum absolute atomic E-state index is 0.168. The maximum Gasteiger partial charge on any atom is 0.280 e. The first kappa shape index (κ1) is 19.4. The number of anilines is 1. The summed E-state index contributed by atoms with van der Waals surface area (Å²) in [5.74, 6) is 0.543. The zero-order valence-corrected chi connectivity index (χ0v) is 16.5. The molecule has 0 atom stereocenters. The average Bonchev–Trinajstić information content (AvgIpc) is 3.41. The quantitative estimate of drug-likeness (QED) is 0.529. The molecular formula is C22H20FN5O2. The van der Waals surface area contributed by atoms with Crippen molar-refractivity contribution in [2.75, 3.05) is 12.4 Å². The average molecular weight is 405 g/mol. The lowest BCUT2D eigenvalue weighted by Gasteiger charge is -2.10. The van der Waals surface area contributed by atoms with Gasteiger partial charge in [-0.05, 0) is 60.5 Å². The first-order chi connectivity index (χ1) is 14.5. The molecule has 0 saturated heterocycles. The van der Waals surface area contributed by atoms with Gasteiger partial charge >= 0.3 is 0 Å². The third-order valence-corrected chi connectivity index (χ3v) is 4.68. The second-order valence-corrected chi connectivity index (χ2v) is 6.78. The molecule has 0 aliphatic carbocycles. The van der Waals surface area contributed by atoms with Gasteiger partial charge in [0.05, 0.1) is 13.7 Å². The van der Waals surface area contributed by atoms with E-state index >= 15 is 0 Å². The molecule has 1 N–H and O–H groups in total. The molecule has 8 heteroatoms. The number of hydrogen-bond donors (Lipinski definition) is 1. The number of halogens is 1. The molecule has 152 valence electrons. The Hall–Kier alpha value is -3.94. The largest absolute Gasteiger partial charge is 0.497 e. The lowest BCUT2D eigenvalue weighted by molar-refractivity contribution is 0.102. The molecule has 4 aromatic rings. The van der Waals surface area contributed by atoms with Gasteiger partial charge in [-0.2, -0.15) is 0 Å². The number of nitrogens with zero attached hydrogens (tertiary/aromatic N) is 4. The summed E-state index contributed by atoms with van der Waals surface area (Å²) in [6.07, 6.45) is 3.64. The summed E-state index contributed by atoms with van der Waals surface area (Å²) < 4.78 is 22.2. The summed E-state index contributed by atoms with van der Waals surface area (Å²) in [6.45, 7) is 2.06.